The molecule has 0 atom stereocenters. The molecule has 1 aliphatic carbocycles. The number of urea groups is 1. The molecule has 0 unspecified atom stereocenters. The monoisotopic (exact) mass is 274 g/mol. The summed E-state index contributed by atoms with van der Waals surface area (Å²) in [7, 11) is 1.84. The molecule has 2 amide bonds. The maximum Gasteiger partial charge on any atom is 0.335 e. The Hall–Kier alpha value is -2.04. The molecular formula is C15H18N2O3. The second-order valence-electron chi connectivity index (χ2n) is 5.75. The molecule has 1 aliphatic heterocycles. The van der Waals surface area contributed by atoms with Gasteiger partial charge < -0.3 is 14.9 Å². The SMILES string of the molecule is CN(CC1CC1)C(=O)N1Cc2ccc(C(=O)O)cc2C1. The summed E-state index contributed by atoms with van der Waals surface area (Å²) in [6, 6.07) is 5.12. The topological polar surface area (TPSA) is 60.9 Å². The van der Waals surface area contributed by atoms with Crippen LogP contribution in [0, 0.1) is 5.92 Å². The van der Waals surface area contributed by atoms with Gasteiger partial charge in [0, 0.05) is 26.7 Å². The average molecular weight is 274 g/mol. The number of fused-ring (bicyclic) bond motifs is 1. The van der Waals surface area contributed by atoms with Crippen molar-refractivity contribution >= 4 is 12.0 Å². The molecule has 5 nitrogen and oxygen atoms in total. The molecule has 1 saturated carbocycles. The lowest BCUT2D eigenvalue weighted by Crippen LogP contribution is -2.39. The molecule has 0 spiro atoms. The second-order valence-corrected chi connectivity index (χ2v) is 5.75. The normalized spacial score (nSPS) is 16.9. The van der Waals surface area contributed by atoms with Crippen molar-refractivity contribution in [1.29, 1.82) is 0 Å². The van der Waals surface area contributed by atoms with Crippen LogP contribution in [0.25, 0.3) is 0 Å². The van der Waals surface area contributed by atoms with Crippen LogP contribution < -0.4 is 0 Å². The van der Waals surface area contributed by atoms with E-state index in [1.54, 1.807) is 21.9 Å². The van der Waals surface area contributed by atoms with E-state index >= 15 is 0 Å². The van der Waals surface area contributed by atoms with Crippen molar-refractivity contribution < 1.29 is 14.7 Å². The Morgan fingerprint density at radius 1 is 1.30 bits per heavy atom. The number of carboxylic acid groups (broad SMARTS) is 1. The van der Waals surface area contributed by atoms with Crippen molar-refractivity contribution in [1.82, 2.24) is 9.80 Å². The zero-order chi connectivity index (χ0) is 14.3. The molecule has 3 rings (SSSR count). The number of nitrogens with zero attached hydrogens (tertiary/aromatic N) is 2. The fourth-order valence-electron chi connectivity index (χ4n) is 2.67. The quantitative estimate of drug-likeness (QED) is 0.918. The molecule has 0 radical (unpaired) electrons. The van der Waals surface area contributed by atoms with E-state index in [1.165, 1.54) is 12.8 Å². The van der Waals surface area contributed by atoms with E-state index in [-0.39, 0.29) is 11.6 Å². The van der Waals surface area contributed by atoms with Crippen molar-refractivity contribution in [2.45, 2.75) is 25.9 Å². The number of hydrogen-bond acceptors (Lipinski definition) is 2. The summed E-state index contributed by atoms with van der Waals surface area (Å²) >= 11 is 0. The minimum absolute atomic E-state index is 0.0324. The standard InChI is InChI=1S/C15H18N2O3/c1-16(7-10-2-3-10)15(20)17-8-12-5-4-11(14(18)19)6-13(12)9-17/h4-6,10H,2-3,7-9H2,1H3,(H,18,19). The van der Waals surface area contributed by atoms with E-state index in [0.717, 1.165) is 17.7 Å². The predicted octanol–water partition coefficient (Wildman–Crippen LogP) is 2.16. The fourth-order valence-corrected chi connectivity index (χ4v) is 2.67. The number of carboxylic acids is 1. The minimum atomic E-state index is -0.927. The van der Waals surface area contributed by atoms with Crippen LogP contribution in [0.1, 0.15) is 34.3 Å². The molecule has 1 fully saturated rings. The molecule has 1 aromatic carbocycles. The summed E-state index contributed by atoms with van der Waals surface area (Å²) in [6.45, 7) is 1.90. The number of aromatic carboxylic acids is 1. The summed E-state index contributed by atoms with van der Waals surface area (Å²) in [5.74, 6) is -0.254. The Bertz CT molecular complexity index is 566. The van der Waals surface area contributed by atoms with Gasteiger partial charge in [-0.25, -0.2) is 9.59 Å². The predicted molar refractivity (Wildman–Crippen MR) is 73.4 cm³/mol. The number of amides is 2. The van der Waals surface area contributed by atoms with Gasteiger partial charge >= 0.3 is 12.0 Å². The van der Waals surface area contributed by atoms with E-state index in [2.05, 4.69) is 0 Å². The zero-order valence-electron chi connectivity index (χ0n) is 11.5. The molecule has 5 heteroatoms. The number of carbonyl (C=O) groups is 2. The minimum Gasteiger partial charge on any atom is -0.478 e. The van der Waals surface area contributed by atoms with E-state index in [4.69, 9.17) is 5.11 Å². The first-order chi connectivity index (χ1) is 9.54. The van der Waals surface area contributed by atoms with Crippen molar-refractivity contribution in [2.75, 3.05) is 13.6 Å². The van der Waals surface area contributed by atoms with Crippen LogP contribution in [0.3, 0.4) is 0 Å². The maximum absolute atomic E-state index is 12.3. The highest BCUT2D eigenvalue weighted by molar-refractivity contribution is 5.88. The van der Waals surface area contributed by atoms with Crippen LogP contribution >= 0.6 is 0 Å². The Kier molecular flexibility index (Phi) is 3.12. The van der Waals surface area contributed by atoms with Gasteiger partial charge in [0.25, 0.3) is 0 Å². The molecule has 1 heterocycles. The van der Waals surface area contributed by atoms with Crippen LogP contribution in [0.4, 0.5) is 4.79 Å². The van der Waals surface area contributed by atoms with Crippen molar-refractivity contribution in [3.8, 4) is 0 Å². The average Bonchev–Trinajstić information content (AvgIpc) is 3.12. The molecule has 0 aromatic heterocycles. The van der Waals surface area contributed by atoms with Crippen molar-refractivity contribution in [3.05, 3.63) is 34.9 Å². The van der Waals surface area contributed by atoms with Crippen LogP contribution in [-0.4, -0.2) is 40.5 Å². The van der Waals surface area contributed by atoms with Crippen LogP contribution in [0.2, 0.25) is 0 Å². The highest BCUT2D eigenvalue weighted by Crippen LogP contribution is 2.30. The third kappa shape index (κ3) is 2.48. The van der Waals surface area contributed by atoms with Crippen molar-refractivity contribution in [3.63, 3.8) is 0 Å². The number of benzene rings is 1. The lowest BCUT2D eigenvalue weighted by atomic mass is 10.1. The van der Waals surface area contributed by atoms with Crippen LogP contribution in [-0.2, 0) is 13.1 Å². The van der Waals surface area contributed by atoms with Gasteiger partial charge in [-0.15, -0.1) is 0 Å². The summed E-state index contributed by atoms with van der Waals surface area (Å²) in [5, 5.41) is 9.00. The van der Waals surface area contributed by atoms with E-state index in [1.807, 2.05) is 13.1 Å². The molecule has 0 saturated heterocycles. The van der Waals surface area contributed by atoms with Crippen molar-refractivity contribution in [2.24, 2.45) is 5.92 Å². The van der Waals surface area contributed by atoms with Gasteiger partial charge in [-0.05, 0) is 42.0 Å². The molecule has 106 valence electrons. The number of hydrogen-bond donors (Lipinski definition) is 1. The lowest BCUT2D eigenvalue weighted by Gasteiger charge is -2.24. The highest BCUT2D eigenvalue weighted by Gasteiger charge is 2.30. The van der Waals surface area contributed by atoms with Gasteiger partial charge in [0.15, 0.2) is 0 Å². The molecule has 1 N–H and O–H groups in total. The molecule has 0 bridgehead atoms. The third-order valence-corrected chi connectivity index (χ3v) is 4.00. The van der Waals surface area contributed by atoms with E-state index in [9.17, 15) is 9.59 Å². The Balaban J connectivity index is 1.69. The molecule has 1 aromatic rings. The number of rotatable bonds is 3. The van der Waals surface area contributed by atoms with Gasteiger partial charge in [0.1, 0.15) is 0 Å². The third-order valence-electron chi connectivity index (χ3n) is 4.00. The first-order valence-electron chi connectivity index (χ1n) is 6.89. The number of carbonyl (C=O) groups excluding carboxylic acids is 1. The fraction of sp³-hybridized carbons (Fsp3) is 0.467. The molecular weight excluding hydrogens is 256 g/mol. The zero-order valence-corrected chi connectivity index (χ0v) is 11.5. The first kappa shape index (κ1) is 13.0. The van der Waals surface area contributed by atoms with E-state index in [0.29, 0.717) is 19.0 Å². The molecule has 20 heavy (non-hydrogen) atoms. The first-order valence-corrected chi connectivity index (χ1v) is 6.89. The van der Waals surface area contributed by atoms with Gasteiger partial charge in [0.05, 0.1) is 5.56 Å². The van der Waals surface area contributed by atoms with Gasteiger partial charge in [0.2, 0.25) is 0 Å². The Morgan fingerprint density at radius 3 is 2.65 bits per heavy atom. The smallest absolute Gasteiger partial charge is 0.335 e. The summed E-state index contributed by atoms with van der Waals surface area (Å²) in [6.07, 6.45) is 2.44. The van der Waals surface area contributed by atoms with Gasteiger partial charge in [-0.1, -0.05) is 6.07 Å². The molecule has 2 aliphatic rings. The maximum atomic E-state index is 12.3. The lowest BCUT2D eigenvalue weighted by molar-refractivity contribution is 0.0696. The second kappa shape index (κ2) is 4.81. The summed E-state index contributed by atoms with van der Waals surface area (Å²) in [5.41, 5.74) is 2.27. The van der Waals surface area contributed by atoms with Crippen LogP contribution in [0.5, 0.6) is 0 Å². The van der Waals surface area contributed by atoms with E-state index < -0.39 is 5.97 Å². The summed E-state index contributed by atoms with van der Waals surface area (Å²) in [4.78, 5) is 26.9. The Morgan fingerprint density at radius 2 is 2.00 bits per heavy atom. The largest absolute Gasteiger partial charge is 0.478 e. The van der Waals surface area contributed by atoms with Crippen LogP contribution in [0.15, 0.2) is 18.2 Å². The van der Waals surface area contributed by atoms with Gasteiger partial charge in [-0.3, -0.25) is 0 Å². The summed E-state index contributed by atoms with van der Waals surface area (Å²) < 4.78 is 0. The Labute approximate surface area is 117 Å². The van der Waals surface area contributed by atoms with Gasteiger partial charge in [-0.2, -0.15) is 0 Å². The highest BCUT2D eigenvalue weighted by atomic mass is 16.4.